The fourth-order valence-corrected chi connectivity index (χ4v) is 6.98. The number of carboxylic acid groups (broad SMARTS) is 1. The molecular formula is C32H41N3O6. The second-order valence-corrected chi connectivity index (χ2v) is 13.0. The normalized spacial score (nSPS) is 31.3. The Morgan fingerprint density at radius 2 is 1.71 bits per heavy atom. The first kappa shape index (κ1) is 29.0. The van der Waals surface area contributed by atoms with Crippen molar-refractivity contribution in [1.29, 1.82) is 5.26 Å². The highest BCUT2D eigenvalue weighted by molar-refractivity contribution is 5.98. The van der Waals surface area contributed by atoms with Gasteiger partial charge in [-0.2, -0.15) is 5.26 Å². The SMILES string of the molecule is COc1cc(C#N)c(OC2CCC(C)(C(=O)O)CC2)cc1C(=O)NC1C(C(=O)NCC2(C)CCC2)[C@@H]2C=C[C@H]1CC2. The number of fused-ring (bicyclic) bond motifs is 2. The molecule has 9 heteroatoms. The van der Waals surface area contributed by atoms with Crippen molar-refractivity contribution in [1.82, 2.24) is 10.6 Å². The summed E-state index contributed by atoms with van der Waals surface area (Å²) in [7, 11) is 1.45. The van der Waals surface area contributed by atoms with Crippen LogP contribution in [0.1, 0.15) is 87.6 Å². The van der Waals surface area contributed by atoms with Gasteiger partial charge in [0.25, 0.3) is 5.91 Å². The number of benzene rings is 1. The molecule has 41 heavy (non-hydrogen) atoms. The lowest BCUT2D eigenvalue weighted by Gasteiger charge is -2.45. The number of hydrogen-bond acceptors (Lipinski definition) is 6. The number of nitrogens with zero attached hydrogens (tertiary/aromatic N) is 1. The molecule has 2 unspecified atom stereocenters. The summed E-state index contributed by atoms with van der Waals surface area (Å²) < 4.78 is 11.7. The molecule has 0 spiro atoms. The van der Waals surface area contributed by atoms with Crippen LogP contribution in [-0.2, 0) is 9.59 Å². The van der Waals surface area contributed by atoms with Crippen LogP contribution in [-0.4, -0.2) is 48.7 Å². The number of methoxy groups -OCH3 is 1. The van der Waals surface area contributed by atoms with E-state index in [0.29, 0.717) is 32.2 Å². The monoisotopic (exact) mass is 563 g/mol. The lowest BCUT2D eigenvalue weighted by molar-refractivity contribution is -0.150. The number of nitrogens with one attached hydrogen (secondary N) is 2. The molecule has 3 saturated carbocycles. The van der Waals surface area contributed by atoms with Crippen LogP contribution in [0.15, 0.2) is 24.3 Å². The molecule has 2 bridgehead atoms. The molecule has 2 amide bonds. The second-order valence-electron chi connectivity index (χ2n) is 13.0. The number of ether oxygens (including phenoxy) is 2. The number of carboxylic acids is 1. The van der Waals surface area contributed by atoms with Gasteiger partial charge in [-0.05, 0) is 81.6 Å². The Kier molecular flexibility index (Phi) is 8.04. The number of rotatable bonds is 9. The first-order chi connectivity index (χ1) is 19.6. The molecule has 0 aromatic heterocycles. The van der Waals surface area contributed by atoms with Crippen LogP contribution in [0, 0.1) is 39.9 Å². The molecule has 4 atom stereocenters. The zero-order valence-electron chi connectivity index (χ0n) is 24.2. The number of carbonyl (C=O) groups excluding carboxylic acids is 2. The summed E-state index contributed by atoms with van der Waals surface area (Å²) in [4.78, 5) is 38.9. The predicted molar refractivity (Wildman–Crippen MR) is 151 cm³/mol. The minimum atomic E-state index is -0.812. The molecule has 3 fully saturated rings. The average Bonchev–Trinajstić information content (AvgIpc) is 2.96. The number of nitriles is 1. The summed E-state index contributed by atoms with van der Waals surface area (Å²) in [6, 6.07) is 4.83. The van der Waals surface area contributed by atoms with E-state index in [1.807, 2.05) is 0 Å². The summed E-state index contributed by atoms with van der Waals surface area (Å²) in [5.41, 5.74) is -0.144. The molecule has 0 saturated heterocycles. The van der Waals surface area contributed by atoms with Crippen molar-refractivity contribution in [3.8, 4) is 17.6 Å². The summed E-state index contributed by atoms with van der Waals surface area (Å²) in [6.07, 6.45) is 11.3. The van der Waals surface area contributed by atoms with Crippen molar-refractivity contribution in [3.05, 3.63) is 35.4 Å². The Balaban J connectivity index is 1.33. The van der Waals surface area contributed by atoms with Gasteiger partial charge in [-0.3, -0.25) is 14.4 Å². The standard InChI is InChI=1S/C32H41N3O6/c1-31(11-4-12-31)18-34-29(37)26-19-5-7-20(8-6-19)27(26)35-28(36)23-16-24(21(17-33)15-25(23)40-3)41-22-9-13-32(2,14-10-22)30(38)39/h5,7,15-16,19-20,22,26-27H,4,6,8-14,18H2,1-3H3,(H,34,37)(H,35,36)(H,38,39)/t19-,20+,22?,26?,27?,32?/m1/s1. The van der Waals surface area contributed by atoms with E-state index in [-0.39, 0.29) is 69.8 Å². The molecule has 5 aliphatic carbocycles. The highest BCUT2D eigenvalue weighted by Gasteiger charge is 2.46. The van der Waals surface area contributed by atoms with Gasteiger partial charge < -0.3 is 25.2 Å². The Morgan fingerprint density at radius 3 is 2.27 bits per heavy atom. The van der Waals surface area contributed by atoms with Gasteiger partial charge in [0.1, 0.15) is 17.6 Å². The molecule has 0 heterocycles. The Bertz CT molecular complexity index is 1270. The largest absolute Gasteiger partial charge is 0.496 e. The number of hydrogen-bond donors (Lipinski definition) is 3. The third-order valence-electron chi connectivity index (χ3n) is 10.1. The minimum absolute atomic E-state index is 0.0102. The smallest absolute Gasteiger partial charge is 0.309 e. The molecule has 3 N–H and O–H groups in total. The maximum Gasteiger partial charge on any atom is 0.309 e. The van der Waals surface area contributed by atoms with Gasteiger partial charge in [0.05, 0.1) is 35.7 Å². The second kappa shape index (κ2) is 11.4. The Labute approximate surface area is 241 Å². The van der Waals surface area contributed by atoms with Gasteiger partial charge in [0, 0.05) is 18.7 Å². The quantitative estimate of drug-likeness (QED) is 0.374. The van der Waals surface area contributed by atoms with E-state index in [2.05, 4.69) is 35.8 Å². The number of amides is 2. The Hall–Kier alpha value is -3.54. The van der Waals surface area contributed by atoms with Crippen LogP contribution >= 0.6 is 0 Å². The van der Waals surface area contributed by atoms with Crippen molar-refractivity contribution in [2.45, 2.75) is 83.8 Å². The summed E-state index contributed by atoms with van der Waals surface area (Å²) in [5, 5.41) is 25.7. The van der Waals surface area contributed by atoms with Crippen LogP contribution in [0.3, 0.4) is 0 Å². The fourth-order valence-electron chi connectivity index (χ4n) is 6.98. The molecule has 9 nitrogen and oxygen atoms in total. The van der Waals surface area contributed by atoms with Crippen molar-refractivity contribution in [2.75, 3.05) is 13.7 Å². The van der Waals surface area contributed by atoms with E-state index in [9.17, 15) is 24.8 Å². The van der Waals surface area contributed by atoms with Gasteiger partial charge in [-0.15, -0.1) is 0 Å². The van der Waals surface area contributed by atoms with Gasteiger partial charge in [-0.25, -0.2) is 0 Å². The maximum atomic E-state index is 13.8. The zero-order chi connectivity index (χ0) is 29.4. The summed E-state index contributed by atoms with van der Waals surface area (Å²) in [5.74, 6) is -0.893. The zero-order valence-corrected chi connectivity index (χ0v) is 24.2. The van der Waals surface area contributed by atoms with E-state index in [4.69, 9.17) is 9.47 Å². The average molecular weight is 564 g/mol. The molecule has 6 rings (SSSR count). The lowest BCUT2D eigenvalue weighted by atomic mass is 9.65. The molecule has 0 aliphatic heterocycles. The summed E-state index contributed by atoms with van der Waals surface area (Å²) in [6.45, 7) is 4.61. The topological polar surface area (TPSA) is 138 Å². The van der Waals surface area contributed by atoms with Crippen molar-refractivity contribution in [2.24, 2.45) is 28.6 Å². The van der Waals surface area contributed by atoms with Gasteiger partial charge in [0.15, 0.2) is 0 Å². The maximum absolute atomic E-state index is 13.8. The molecular weight excluding hydrogens is 522 g/mol. The molecule has 5 aliphatic rings. The van der Waals surface area contributed by atoms with E-state index in [1.165, 1.54) is 19.6 Å². The first-order valence-electron chi connectivity index (χ1n) is 14.8. The van der Waals surface area contributed by atoms with Crippen LogP contribution in [0.5, 0.6) is 11.5 Å². The van der Waals surface area contributed by atoms with Crippen molar-refractivity contribution >= 4 is 17.8 Å². The molecule has 1 aromatic rings. The van der Waals surface area contributed by atoms with Gasteiger partial charge in [0.2, 0.25) is 5.91 Å². The highest BCUT2D eigenvalue weighted by Crippen LogP contribution is 2.43. The third-order valence-corrected chi connectivity index (χ3v) is 10.1. The Morgan fingerprint density at radius 1 is 1.02 bits per heavy atom. The van der Waals surface area contributed by atoms with Crippen LogP contribution in [0.25, 0.3) is 0 Å². The van der Waals surface area contributed by atoms with E-state index >= 15 is 0 Å². The van der Waals surface area contributed by atoms with Crippen LogP contribution in [0.2, 0.25) is 0 Å². The fraction of sp³-hybridized carbons (Fsp3) is 0.625. The highest BCUT2D eigenvalue weighted by atomic mass is 16.5. The molecule has 0 radical (unpaired) electrons. The van der Waals surface area contributed by atoms with E-state index in [1.54, 1.807) is 13.0 Å². The van der Waals surface area contributed by atoms with E-state index < -0.39 is 11.4 Å². The molecule has 1 aromatic carbocycles. The van der Waals surface area contributed by atoms with Crippen molar-refractivity contribution in [3.63, 3.8) is 0 Å². The third kappa shape index (κ3) is 5.79. The van der Waals surface area contributed by atoms with Crippen LogP contribution < -0.4 is 20.1 Å². The number of carbonyl (C=O) groups is 3. The molecule has 220 valence electrons. The first-order valence-corrected chi connectivity index (χ1v) is 14.8. The minimum Gasteiger partial charge on any atom is -0.496 e. The number of allylic oxidation sites excluding steroid dienone is 1. The van der Waals surface area contributed by atoms with Crippen molar-refractivity contribution < 1.29 is 29.0 Å². The van der Waals surface area contributed by atoms with Gasteiger partial charge in [-0.1, -0.05) is 25.5 Å². The predicted octanol–water partition coefficient (Wildman–Crippen LogP) is 4.60. The lowest BCUT2D eigenvalue weighted by Crippen LogP contribution is -2.57. The number of aliphatic carboxylic acids is 1. The van der Waals surface area contributed by atoms with E-state index in [0.717, 1.165) is 25.7 Å². The van der Waals surface area contributed by atoms with Crippen LogP contribution in [0.4, 0.5) is 0 Å². The van der Waals surface area contributed by atoms with Gasteiger partial charge >= 0.3 is 5.97 Å². The summed E-state index contributed by atoms with van der Waals surface area (Å²) >= 11 is 0.